The fourth-order valence-corrected chi connectivity index (χ4v) is 4.27. The number of hydrogen-bond acceptors (Lipinski definition) is 6. The summed E-state index contributed by atoms with van der Waals surface area (Å²) < 4.78 is 53.4. The molecule has 0 aliphatic heterocycles. The standard InChI is InChI=1S/C18H18F2N4O2S2/c1-3-15-9-22-18(27-15)11(2)23-17-5-4-16(10-21-17)28(25,26)24-14-7-12(19)6-13(20)8-14/h4-11,24H,3H2,1-2H3,(H,21,23). The van der Waals surface area contributed by atoms with E-state index < -0.39 is 21.7 Å². The molecule has 3 rings (SSSR count). The van der Waals surface area contributed by atoms with E-state index in [9.17, 15) is 17.2 Å². The van der Waals surface area contributed by atoms with Gasteiger partial charge in [0.2, 0.25) is 0 Å². The van der Waals surface area contributed by atoms with Gasteiger partial charge in [-0.2, -0.15) is 0 Å². The largest absolute Gasteiger partial charge is 0.361 e. The van der Waals surface area contributed by atoms with Crippen LogP contribution in [0.4, 0.5) is 20.3 Å². The summed E-state index contributed by atoms with van der Waals surface area (Å²) in [5.74, 6) is -1.27. The molecule has 0 saturated heterocycles. The normalized spacial score (nSPS) is 12.6. The number of benzene rings is 1. The highest BCUT2D eigenvalue weighted by Gasteiger charge is 2.17. The summed E-state index contributed by atoms with van der Waals surface area (Å²) in [5, 5.41) is 4.07. The molecular weight excluding hydrogens is 406 g/mol. The highest BCUT2D eigenvalue weighted by atomic mass is 32.2. The van der Waals surface area contributed by atoms with Crippen LogP contribution in [0.3, 0.4) is 0 Å². The fraction of sp³-hybridized carbons (Fsp3) is 0.222. The molecule has 1 atom stereocenters. The molecule has 6 nitrogen and oxygen atoms in total. The molecular formula is C18H18F2N4O2S2. The Balaban J connectivity index is 1.72. The molecule has 0 spiro atoms. The Morgan fingerprint density at radius 3 is 2.39 bits per heavy atom. The van der Waals surface area contributed by atoms with E-state index in [1.54, 1.807) is 11.3 Å². The van der Waals surface area contributed by atoms with E-state index in [-0.39, 0.29) is 16.6 Å². The summed E-state index contributed by atoms with van der Waals surface area (Å²) >= 11 is 1.60. The second kappa shape index (κ2) is 8.19. The highest BCUT2D eigenvalue weighted by molar-refractivity contribution is 7.92. The number of rotatable bonds is 7. The molecule has 0 aliphatic carbocycles. The van der Waals surface area contributed by atoms with Crippen LogP contribution in [0.5, 0.6) is 0 Å². The number of anilines is 2. The maximum atomic E-state index is 13.2. The zero-order chi connectivity index (χ0) is 20.3. The van der Waals surface area contributed by atoms with Crippen LogP contribution in [0, 0.1) is 11.6 Å². The third-order valence-electron chi connectivity index (χ3n) is 3.82. The zero-order valence-electron chi connectivity index (χ0n) is 15.1. The van der Waals surface area contributed by atoms with E-state index >= 15 is 0 Å². The Bertz CT molecular complexity index is 1050. The summed E-state index contributed by atoms with van der Waals surface area (Å²) in [4.78, 5) is 9.53. The predicted octanol–water partition coefficient (Wildman–Crippen LogP) is 4.35. The van der Waals surface area contributed by atoms with Gasteiger partial charge in [0.05, 0.1) is 11.7 Å². The van der Waals surface area contributed by atoms with Gasteiger partial charge >= 0.3 is 0 Å². The molecule has 0 radical (unpaired) electrons. The minimum absolute atomic E-state index is 0.0892. The number of nitrogens with zero attached hydrogens (tertiary/aromatic N) is 2. The molecule has 0 fully saturated rings. The molecule has 0 amide bonds. The maximum absolute atomic E-state index is 13.2. The third-order valence-corrected chi connectivity index (χ3v) is 6.51. The van der Waals surface area contributed by atoms with Crippen LogP contribution in [-0.2, 0) is 16.4 Å². The van der Waals surface area contributed by atoms with Gasteiger partial charge in [0.15, 0.2) is 0 Å². The summed E-state index contributed by atoms with van der Waals surface area (Å²) in [6.45, 7) is 3.99. The van der Waals surface area contributed by atoms with Gasteiger partial charge in [-0.15, -0.1) is 11.3 Å². The van der Waals surface area contributed by atoms with Crippen LogP contribution in [0.1, 0.15) is 29.8 Å². The predicted molar refractivity (Wildman–Crippen MR) is 105 cm³/mol. The second-order valence-electron chi connectivity index (χ2n) is 6.03. The van der Waals surface area contributed by atoms with E-state index in [2.05, 4.69) is 26.9 Å². The van der Waals surface area contributed by atoms with E-state index in [1.165, 1.54) is 23.2 Å². The Morgan fingerprint density at radius 1 is 1.11 bits per heavy atom. The molecule has 10 heteroatoms. The Morgan fingerprint density at radius 2 is 1.82 bits per heavy atom. The van der Waals surface area contributed by atoms with Gasteiger partial charge in [-0.05, 0) is 37.6 Å². The first-order valence-corrected chi connectivity index (χ1v) is 10.7. The Kier molecular flexibility index (Phi) is 5.90. The van der Waals surface area contributed by atoms with Gasteiger partial charge in [0.1, 0.15) is 27.4 Å². The van der Waals surface area contributed by atoms with Crippen LogP contribution in [0.15, 0.2) is 47.6 Å². The van der Waals surface area contributed by atoms with Gasteiger partial charge in [0.25, 0.3) is 10.0 Å². The molecule has 0 saturated carbocycles. The van der Waals surface area contributed by atoms with E-state index in [0.29, 0.717) is 11.9 Å². The summed E-state index contributed by atoms with van der Waals surface area (Å²) in [6.07, 6.45) is 3.92. The molecule has 2 N–H and O–H groups in total. The van der Waals surface area contributed by atoms with Gasteiger partial charge in [0, 0.05) is 23.3 Å². The lowest BCUT2D eigenvalue weighted by Crippen LogP contribution is -2.14. The van der Waals surface area contributed by atoms with Gasteiger partial charge in [-0.3, -0.25) is 4.72 Å². The van der Waals surface area contributed by atoms with Gasteiger partial charge in [-0.1, -0.05) is 6.92 Å². The van der Waals surface area contributed by atoms with Crippen molar-refractivity contribution in [2.24, 2.45) is 0 Å². The minimum Gasteiger partial charge on any atom is -0.361 e. The van der Waals surface area contributed by atoms with Crippen LogP contribution in [0.25, 0.3) is 0 Å². The minimum atomic E-state index is -4.03. The molecule has 0 bridgehead atoms. The first-order valence-electron chi connectivity index (χ1n) is 8.43. The first-order chi connectivity index (χ1) is 13.3. The van der Waals surface area contributed by atoms with Crippen molar-refractivity contribution >= 4 is 32.9 Å². The highest BCUT2D eigenvalue weighted by Crippen LogP contribution is 2.24. The number of aromatic nitrogens is 2. The molecule has 3 aromatic rings. The lowest BCUT2D eigenvalue weighted by molar-refractivity contribution is 0.584. The summed E-state index contributed by atoms with van der Waals surface area (Å²) in [5.41, 5.74) is -0.205. The van der Waals surface area contributed by atoms with Crippen molar-refractivity contribution in [2.45, 2.75) is 31.2 Å². The lowest BCUT2D eigenvalue weighted by Gasteiger charge is -2.13. The van der Waals surface area contributed by atoms with Crippen molar-refractivity contribution in [1.29, 1.82) is 0 Å². The number of pyridine rings is 1. The third kappa shape index (κ3) is 4.82. The van der Waals surface area contributed by atoms with Crippen LogP contribution < -0.4 is 10.0 Å². The number of thiazole rings is 1. The average Bonchev–Trinajstić information content (AvgIpc) is 3.10. The summed E-state index contributed by atoms with van der Waals surface area (Å²) in [6, 6.07) is 5.24. The molecule has 2 heterocycles. The van der Waals surface area contributed by atoms with Gasteiger partial charge in [-0.25, -0.2) is 27.2 Å². The lowest BCUT2D eigenvalue weighted by atomic mass is 10.3. The molecule has 28 heavy (non-hydrogen) atoms. The van der Waals surface area contributed by atoms with E-state index in [4.69, 9.17) is 0 Å². The summed E-state index contributed by atoms with van der Waals surface area (Å²) in [7, 11) is -4.03. The Hall–Kier alpha value is -2.59. The van der Waals surface area contributed by atoms with Crippen molar-refractivity contribution in [2.75, 3.05) is 10.0 Å². The van der Waals surface area contributed by atoms with Crippen molar-refractivity contribution < 1.29 is 17.2 Å². The zero-order valence-corrected chi connectivity index (χ0v) is 16.7. The Labute approximate surface area is 165 Å². The van der Waals surface area contributed by atoms with Crippen molar-refractivity contribution in [3.8, 4) is 0 Å². The number of halogens is 2. The smallest absolute Gasteiger partial charge is 0.263 e. The number of sulfonamides is 1. The molecule has 2 aromatic heterocycles. The number of aryl methyl sites for hydroxylation is 1. The van der Waals surface area contributed by atoms with Crippen molar-refractivity contribution in [1.82, 2.24) is 9.97 Å². The number of hydrogen-bond donors (Lipinski definition) is 2. The molecule has 148 valence electrons. The molecule has 1 aromatic carbocycles. The monoisotopic (exact) mass is 424 g/mol. The molecule has 1 unspecified atom stereocenters. The average molecular weight is 424 g/mol. The van der Waals surface area contributed by atoms with E-state index in [1.807, 2.05) is 13.1 Å². The fourth-order valence-electron chi connectivity index (χ4n) is 2.42. The maximum Gasteiger partial charge on any atom is 0.263 e. The first kappa shape index (κ1) is 20.2. The topological polar surface area (TPSA) is 84.0 Å². The van der Waals surface area contributed by atoms with Crippen LogP contribution in [-0.4, -0.2) is 18.4 Å². The number of nitrogens with one attached hydrogen (secondary N) is 2. The van der Waals surface area contributed by atoms with E-state index in [0.717, 1.165) is 23.6 Å². The van der Waals surface area contributed by atoms with Crippen LogP contribution >= 0.6 is 11.3 Å². The SMILES string of the molecule is CCc1cnc(C(C)Nc2ccc(S(=O)(=O)Nc3cc(F)cc(F)c3)cn2)s1. The van der Waals surface area contributed by atoms with Gasteiger partial charge < -0.3 is 5.32 Å². The second-order valence-corrected chi connectivity index (χ2v) is 8.86. The quantitative estimate of drug-likeness (QED) is 0.589. The van der Waals surface area contributed by atoms with Crippen LogP contribution in [0.2, 0.25) is 0 Å². The molecule has 0 aliphatic rings. The van der Waals surface area contributed by atoms with Crippen molar-refractivity contribution in [3.05, 3.63) is 64.2 Å². The van der Waals surface area contributed by atoms with Crippen molar-refractivity contribution in [3.63, 3.8) is 0 Å².